The Hall–Kier alpha value is -0.280. The lowest BCUT2D eigenvalue weighted by Gasteiger charge is -2.35. The molecular weight excluding hydrogens is 248 g/mol. The normalized spacial score (nSPS) is 23.4. The summed E-state index contributed by atoms with van der Waals surface area (Å²) in [7, 11) is 0. The van der Waals surface area contributed by atoms with Crippen molar-refractivity contribution in [1.29, 1.82) is 0 Å². The van der Waals surface area contributed by atoms with Crippen molar-refractivity contribution in [3.05, 3.63) is 0 Å². The van der Waals surface area contributed by atoms with Gasteiger partial charge in [0.15, 0.2) is 0 Å². The van der Waals surface area contributed by atoms with Gasteiger partial charge in [-0.2, -0.15) is 0 Å². The Balaban J connectivity index is 0.00000289. The summed E-state index contributed by atoms with van der Waals surface area (Å²) in [5.41, 5.74) is 5.94. The van der Waals surface area contributed by atoms with Gasteiger partial charge < -0.3 is 10.6 Å². The smallest absolute Gasteiger partial charge is 0.222 e. The van der Waals surface area contributed by atoms with Crippen molar-refractivity contribution in [2.75, 3.05) is 13.1 Å². The molecule has 0 spiro atoms. The van der Waals surface area contributed by atoms with E-state index in [-0.39, 0.29) is 18.4 Å². The van der Waals surface area contributed by atoms with E-state index in [1.54, 1.807) is 0 Å². The molecule has 1 aliphatic rings. The molecule has 1 rings (SSSR count). The molecule has 1 saturated heterocycles. The van der Waals surface area contributed by atoms with Gasteiger partial charge in [0.25, 0.3) is 0 Å². The number of halogens is 1. The average molecular weight is 277 g/mol. The fraction of sp³-hybridized carbons (Fsp3) is 0.929. The van der Waals surface area contributed by atoms with Crippen molar-refractivity contribution in [1.82, 2.24) is 4.90 Å². The summed E-state index contributed by atoms with van der Waals surface area (Å²) in [6.07, 6.45) is 2.96. The quantitative estimate of drug-likeness (QED) is 0.858. The molecule has 1 fully saturated rings. The molecule has 0 aromatic heterocycles. The molecule has 3 nitrogen and oxygen atoms in total. The van der Waals surface area contributed by atoms with E-state index in [1.807, 2.05) is 4.90 Å². The van der Waals surface area contributed by atoms with E-state index < -0.39 is 0 Å². The van der Waals surface area contributed by atoms with Crippen LogP contribution in [0.25, 0.3) is 0 Å². The second kappa shape index (κ2) is 8.00. The zero-order valence-electron chi connectivity index (χ0n) is 12.2. The van der Waals surface area contributed by atoms with Crippen LogP contribution >= 0.6 is 12.4 Å². The van der Waals surface area contributed by atoms with Crippen LogP contribution in [0.4, 0.5) is 0 Å². The fourth-order valence-electron chi connectivity index (χ4n) is 2.31. The maximum atomic E-state index is 12.2. The second-order valence-corrected chi connectivity index (χ2v) is 6.03. The molecule has 2 N–H and O–H groups in total. The van der Waals surface area contributed by atoms with Gasteiger partial charge in [0, 0.05) is 25.6 Å². The van der Waals surface area contributed by atoms with E-state index in [0.717, 1.165) is 19.5 Å². The first-order chi connectivity index (χ1) is 7.91. The SMILES string of the molecule is CC(C)C(C)CC(=O)N1CCCC(C(C)N)C1.Cl. The molecule has 3 unspecified atom stereocenters. The fourth-order valence-corrected chi connectivity index (χ4v) is 2.31. The van der Waals surface area contributed by atoms with Crippen LogP contribution in [-0.4, -0.2) is 29.9 Å². The maximum absolute atomic E-state index is 12.2. The monoisotopic (exact) mass is 276 g/mol. The molecule has 1 amide bonds. The van der Waals surface area contributed by atoms with Crippen molar-refractivity contribution in [3.8, 4) is 0 Å². The lowest BCUT2D eigenvalue weighted by atomic mass is 9.90. The summed E-state index contributed by atoms with van der Waals surface area (Å²) >= 11 is 0. The van der Waals surface area contributed by atoms with Gasteiger partial charge in [-0.1, -0.05) is 20.8 Å². The number of hydrogen-bond donors (Lipinski definition) is 1. The summed E-state index contributed by atoms with van der Waals surface area (Å²) in [4.78, 5) is 14.2. The summed E-state index contributed by atoms with van der Waals surface area (Å²) in [6, 6.07) is 0.202. The Morgan fingerprint density at radius 1 is 1.33 bits per heavy atom. The number of likely N-dealkylation sites (tertiary alicyclic amines) is 1. The van der Waals surface area contributed by atoms with Gasteiger partial charge in [-0.05, 0) is 37.5 Å². The molecule has 0 bridgehead atoms. The van der Waals surface area contributed by atoms with Crippen LogP contribution in [0, 0.1) is 17.8 Å². The van der Waals surface area contributed by atoms with E-state index in [4.69, 9.17) is 5.73 Å². The van der Waals surface area contributed by atoms with Gasteiger partial charge in [0.05, 0.1) is 0 Å². The van der Waals surface area contributed by atoms with Crippen LogP contribution in [0.1, 0.15) is 47.0 Å². The molecule has 4 heteroatoms. The summed E-state index contributed by atoms with van der Waals surface area (Å²) in [5.74, 6) is 1.85. The Labute approximate surface area is 118 Å². The van der Waals surface area contributed by atoms with Crippen LogP contribution in [-0.2, 0) is 4.79 Å². The summed E-state index contributed by atoms with van der Waals surface area (Å²) in [6.45, 7) is 10.4. The van der Waals surface area contributed by atoms with Gasteiger partial charge in [-0.3, -0.25) is 4.79 Å². The Bertz CT molecular complexity index is 256. The van der Waals surface area contributed by atoms with E-state index in [0.29, 0.717) is 30.1 Å². The Morgan fingerprint density at radius 2 is 1.94 bits per heavy atom. The number of carbonyl (C=O) groups is 1. The predicted molar refractivity (Wildman–Crippen MR) is 78.8 cm³/mol. The van der Waals surface area contributed by atoms with Crippen molar-refractivity contribution in [2.45, 2.75) is 53.0 Å². The first kappa shape index (κ1) is 17.7. The third-order valence-electron chi connectivity index (χ3n) is 4.19. The minimum atomic E-state index is 0. The molecule has 0 radical (unpaired) electrons. The zero-order valence-corrected chi connectivity index (χ0v) is 13.0. The van der Waals surface area contributed by atoms with Crippen LogP contribution in [0.3, 0.4) is 0 Å². The van der Waals surface area contributed by atoms with Crippen molar-refractivity contribution < 1.29 is 4.79 Å². The molecule has 18 heavy (non-hydrogen) atoms. The average Bonchev–Trinajstić information content (AvgIpc) is 2.28. The third kappa shape index (κ3) is 5.15. The van der Waals surface area contributed by atoms with Gasteiger partial charge in [-0.25, -0.2) is 0 Å². The minimum absolute atomic E-state index is 0. The molecule has 0 aromatic carbocycles. The van der Waals surface area contributed by atoms with Gasteiger partial charge >= 0.3 is 0 Å². The molecule has 3 atom stereocenters. The number of carbonyl (C=O) groups excluding carboxylic acids is 1. The van der Waals surface area contributed by atoms with Crippen LogP contribution in [0.5, 0.6) is 0 Å². The number of rotatable bonds is 4. The molecule has 0 saturated carbocycles. The topological polar surface area (TPSA) is 46.3 Å². The standard InChI is InChI=1S/C14H28N2O.ClH/c1-10(2)11(3)8-14(17)16-7-5-6-13(9-16)12(4)15;/h10-13H,5-9,15H2,1-4H3;1H. The minimum Gasteiger partial charge on any atom is -0.342 e. The van der Waals surface area contributed by atoms with E-state index in [2.05, 4.69) is 27.7 Å². The summed E-state index contributed by atoms with van der Waals surface area (Å²) in [5, 5.41) is 0. The molecule has 1 aliphatic heterocycles. The maximum Gasteiger partial charge on any atom is 0.222 e. The Kier molecular flexibility index (Phi) is 7.88. The van der Waals surface area contributed by atoms with E-state index >= 15 is 0 Å². The highest BCUT2D eigenvalue weighted by molar-refractivity contribution is 5.85. The van der Waals surface area contributed by atoms with Crippen molar-refractivity contribution >= 4 is 18.3 Å². The van der Waals surface area contributed by atoms with Crippen molar-refractivity contribution in [2.24, 2.45) is 23.5 Å². The number of amides is 1. The van der Waals surface area contributed by atoms with Gasteiger partial charge in [0.1, 0.15) is 0 Å². The van der Waals surface area contributed by atoms with Crippen LogP contribution in [0.2, 0.25) is 0 Å². The largest absolute Gasteiger partial charge is 0.342 e. The number of nitrogens with zero attached hydrogens (tertiary/aromatic N) is 1. The molecule has 1 heterocycles. The Morgan fingerprint density at radius 3 is 2.44 bits per heavy atom. The highest BCUT2D eigenvalue weighted by Gasteiger charge is 2.26. The van der Waals surface area contributed by atoms with Crippen molar-refractivity contribution in [3.63, 3.8) is 0 Å². The van der Waals surface area contributed by atoms with Crippen LogP contribution in [0.15, 0.2) is 0 Å². The zero-order chi connectivity index (χ0) is 13.0. The first-order valence-electron chi connectivity index (χ1n) is 6.95. The second-order valence-electron chi connectivity index (χ2n) is 6.03. The highest BCUT2D eigenvalue weighted by Crippen LogP contribution is 2.21. The van der Waals surface area contributed by atoms with Crippen LogP contribution < -0.4 is 5.73 Å². The number of nitrogens with two attached hydrogens (primary N) is 1. The van der Waals surface area contributed by atoms with E-state index in [1.165, 1.54) is 6.42 Å². The van der Waals surface area contributed by atoms with E-state index in [9.17, 15) is 4.79 Å². The molecule has 0 aliphatic carbocycles. The third-order valence-corrected chi connectivity index (χ3v) is 4.19. The molecule has 108 valence electrons. The predicted octanol–water partition coefficient (Wildman–Crippen LogP) is 2.68. The highest BCUT2D eigenvalue weighted by atomic mass is 35.5. The number of hydrogen-bond acceptors (Lipinski definition) is 2. The summed E-state index contributed by atoms with van der Waals surface area (Å²) < 4.78 is 0. The van der Waals surface area contributed by atoms with Gasteiger partial charge in [0.2, 0.25) is 5.91 Å². The molecule has 0 aromatic rings. The lowest BCUT2D eigenvalue weighted by molar-refractivity contribution is -0.134. The number of piperidine rings is 1. The lowest BCUT2D eigenvalue weighted by Crippen LogP contribution is -2.45. The van der Waals surface area contributed by atoms with Gasteiger partial charge in [-0.15, -0.1) is 12.4 Å². The first-order valence-corrected chi connectivity index (χ1v) is 6.95. The molecular formula is C14H29ClN2O.